The van der Waals surface area contributed by atoms with Crippen LogP contribution in [0.3, 0.4) is 0 Å². The third kappa shape index (κ3) is 4.69. The third-order valence-corrected chi connectivity index (χ3v) is 3.76. The average molecular weight is 357 g/mol. The van der Waals surface area contributed by atoms with Crippen LogP contribution >= 0.6 is 0 Å². The van der Waals surface area contributed by atoms with Gasteiger partial charge in [0.05, 0.1) is 28.4 Å². The van der Waals surface area contributed by atoms with Gasteiger partial charge in [0.15, 0.2) is 11.5 Å². The van der Waals surface area contributed by atoms with Crippen LogP contribution in [-0.4, -0.2) is 34.3 Å². The minimum absolute atomic E-state index is 0.218. The molecule has 2 aromatic rings. The quantitative estimate of drug-likeness (QED) is 0.736. The Morgan fingerprint density at radius 3 is 2.12 bits per heavy atom. The van der Waals surface area contributed by atoms with Crippen molar-refractivity contribution in [3.63, 3.8) is 0 Å². The van der Waals surface area contributed by atoms with E-state index >= 15 is 0 Å². The maximum atomic E-state index is 12.1. The van der Waals surface area contributed by atoms with Gasteiger partial charge in [-0.15, -0.1) is 0 Å². The normalized spacial score (nSPS) is 10.5. The third-order valence-electron chi connectivity index (χ3n) is 3.76. The Balaban J connectivity index is 2.08. The summed E-state index contributed by atoms with van der Waals surface area (Å²) in [5.74, 6) is 2.08. The Labute approximate surface area is 153 Å². The maximum absolute atomic E-state index is 12.1. The number of benzene rings is 2. The van der Waals surface area contributed by atoms with Crippen LogP contribution in [0.2, 0.25) is 0 Å². The van der Waals surface area contributed by atoms with Crippen LogP contribution in [0.1, 0.15) is 11.1 Å². The lowest BCUT2D eigenvalue weighted by molar-refractivity contribution is -0.116. The van der Waals surface area contributed by atoms with Crippen molar-refractivity contribution in [3.05, 3.63) is 53.6 Å². The van der Waals surface area contributed by atoms with Gasteiger partial charge >= 0.3 is 0 Å². The number of methoxy groups -OCH3 is 4. The molecule has 0 saturated carbocycles. The molecule has 6 nitrogen and oxygen atoms in total. The number of carbonyl (C=O) groups is 1. The zero-order valence-corrected chi connectivity index (χ0v) is 15.4. The molecule has 0 aliphatic carbocycles. The fraction of sp³-hybridized carbons (Fsp3) is 0.250. The summed E-state index contributed by atoms with van der Waals surface area (Å²) in [4.78, 5) is 12.1. The van der Waals surface area contributed by atoms with Crippen molar-refractivity contribution in [2.75, 3.05) is 28.4 Å². The second-order valence-corrected chi connectivity index (χ2v) is 5.32. The first-order chi connectivity index (χ1) is 12.6. The minimum atomic E-state index is -0.218. The van der Waals surface area contributed by atoms with Gasteiger partial charge in [-0.05, 0) is 29.8 Å². The van der Waals surface area contributed by atoms with Crippen molar-refractivity contribution >= 4 is 12.0 Å². The van der Waals surface area contributed by atoms with Crippen molar-refractivity contribution in [2.24, 2.45) is 0 Å². The molecule has 0 bridgehead atoms. The summed E-state index contributed by atoms with van der Waals surface area (Å²) in [5, 5.41) is 2.83. The largest absolute Gasteiger partial charge is 0.496 e. The van der Waals surface area contributed by atoms with Crippen molar-refractivity contribution in [2.45, 2.75) is 6.54 Å². The molecule has 138 valence electrons. The van der Waals surface area contributed by atoms with E-state index in [1.807, 2.05) is 24.3 Å². The van der Waals surface area contributed by atoms with E-state index in [0.717, 1.165) is 16.9 Å². The Bertz CT molecular complexity index is 761. The van der Waals surface area contributed by atoms with Gasteiger partial charge in [0.25, 0.3) is 0 Å². The van der Waals surface area contributed by atoms with E-state index < -0.39 is 0 Å². The fourth-order valence-electron chi connectivity index (χ4n) is 2.46. The van der Waals surface area contributed by atoms with Crippen LogP contribution in [0.4, 0.5) is 0 Å². The topological polar surface area (TPSA) is 66.0 Å². The molecule has 0 aliphatic rings. The zero-order valence-electron chi connectivity index (χ0n) is 15.4. The summed E-state index contributed by atoms with van der Waals surface area (Å²) in [5.41, 5.74) is 1.66. The molecule has 0 aliphatic heterocycles. The Kier molecular flexibility index (Phi) is 6.91. The van der Waals surface area contributed by atoms with Gasteiger partial charge in [0.1, 0.15) is 5.75 Å². The molecule has 0 unspecified atom stereocenters. The molecule has 0 saturated heterocycles. The molecular formula is C20H23NO5. The number of amides is 1. The summed E-state index contributed by atoms with van der Waals surface area (Å²) in [6.07, 6.45) is 3.14. The SMILES string of the molecule is COc1ccccc1CNC(=O)/C=C/c1cc(OC)c(OC)c(OC)c1. The molecule has 0 heterocycles. The molecule has 2 rings (SSSR count). The van der Waals surface area contributed by atoms with E-state index in [0.29, 0.717) is 23.8 Å². The highest BCUT2D eigenvalue weighted by Gasteiger charge is 2.12. The smallest absolute Gasteiger partial charge is 0.244 e. The van der Waals surface area contributed by atoms with Crippen LogP contribution in [0, 0.1) is 0 Å². The number of hydrogen-bond donors (Lipinski definition) is 1. The molecule has 0 fully saturated rings. The standard InChI is InChI=1S/C20H23NO5/c1-23-16-8-6-5-7-15(16)13-21-19(22)10-9-14-11-17(24-2)20(26-4)18(12-14)25-3/h5-12H,13H2,1-4H3,(H,21,22)/b10-9+. The highest BCUT2D eigenvalue weighted by molar-refractivity contribution is 5.91. The summed E-state index contributed by atoms with van der Waals surface area (Å²) in [6.45, 7) is 0.377. The Morgan fingerprint density at radius 2 is 1.54 bits per heavy atom. The number of nitrogens with one attached hydrogen (secondary N) is 1. The summed E-state index contributed by atoms with van der Waals surface area (Å²) < 4.78 is 21.2. The highest BCUT2D eigenvalue weighted by Crippen LogP contribution is 2.38. The van der Waals surface area contributed by atoms with Crippen molar-refractivity contribution in [3.8, 4) is 23.0 Å². The van der Waals surface area contributed by atoms with E-state index in [9.17, 15) is 4.79 Å². The van der Waals surface area contributed by atoms with Gasteiger partial charge in [-0.2, -0.15) is 0 Å². The molecule has 2 aromatic carbocycles. The number of para-hydroxylation sites is 1. The highest BCUT2D eigenvalue weighted by atomic mass is 16.5. The number of ether oxygens (including phenoxy) is 4. The van der Waals surface area contributed by atoms with Crippen LogP contribution in [0.5, 0.6) is 23.0 Å². The Morgan fingerprint density at radius 1 is 0.923 bits per heavy atom. The lowest BCUT2D eigenvalue weighted by Crippen LogP contribution is -2.20. The minimum Gasteiger partial charge on any atom is -0.496 e. The van der Waals surface area contributed by atoms with E-state index in [1.165, 1.54) is 6.08 Å². The molecular weight excluding hydrogens is 334 g/mol. The second kappa shape index (κ2) is 9.36. The van der Waals surface area contributed by atoms with Gasteiger partial charge in [-0.1, -0.05) is 18.2 Å². The first kappa shape index (κ1) is 19.2. The number of hydrogen-bond acceptors (Lipinski definition) is 5. The first-order valence-corrected chi connectivity index (χ1v) is 8.00. The van der Waals surface area contributed by atoms with Crippen molar-refractivity contribution in [1.29, 1.82) is 0 Å². The van der Waals surface area contributed by atoms with Gasteiger partial charge in [-0.25, -0.2) is 0 Å². The molecule has 1 N–H and O–H groups in total. The first-order valence-electron chi connectivity index (χ1n) is 8.00. The number of carbonyl (C=O) groups excluding carboxylic acids is 1. The van der Waals surface area contributed by atoms with Crippen LogP contribution in [0.25, 0.3) is 6.08 Å². The predicted molar refractivity (Wildman–Crippen MR) is 100.0 cm³/mol. The molecule has 1 amide bonds. The number of rotatable bonds is 8. The second-order valence-electron chi connectivity index (χ2n) is 5.32. The van der Waals surface area contributed by atoms with Gasteiger partial charge in [0.2, 0.25) is 11.7 Å². The van der Waals surface area contributed by atoms with E-state index in [4.69, 9.17) is 18.9 Å². The van der Waals surface area contributed by atoms with E-state index in [1.54, 1.807) is 46.6 Å². The lowest BCUT2D eigenvalue weighted by Gasteiger charge is -2.12. The fourth-order valence-corrected chi connectivity index (χ4v) is 2.46. The lowest BCUT2D eigenvalue weighted by atomic mass is 10.1. The van der Waals surface area contributed by atoms with Crippen molar-refractivity contribution in [1.82, 2.24) is 5.32 Å². The monoisotopic (exact) mass is 357 g/mol. The van der Waals surface area contributed by atoms with Crippen LogP contribution in [-0.2, 0) is 11.3 Å². The maximum Gasteiger partial charge on any atom is 0.244 e. The van der Waals surface area contributed by atoms with E-state index in [2.05, 4.69) is 5.32 Å². The molecule has 0 atom stereocenters. The van der Waals surface area contributed by atoms with Crippen molar-refractivity contribution < 1.29 is 23.7 Å². The summed E-state index contributed by atoms with van der Waals surface area (Å²) in [7, 11) is 6.24. The Hall–Kier alpha value is -3.15. The van der Waals surface area contributed by atoms with Gasteiger partial charge in [0, 0.05) is 18.2 Å². The summed E-state index contributed by atoms with van der Waals surface area (Å²) in [6, 6.07) is 11.1. The molecule has 0 radical (unpaired) electrons. The van der Waals surface area contributed by atoms with E-state index in [-0.39, 0.29) is 5.91 Å². The summed E-state index contributed by atoms with van der Waals surface area (Å²) >= 11 is 0. The van der Waals surface area contributed by atoms with Gasteiger partial charge < -0.3 is 24.3 Å². The molecule has 6 heteroatoms. The van der Waals surface area contributed by atoms with Gasteiger partial charge in [-0.3, -0.25) is 4.79 Å². The average Bonchev–Trinajstić information content (AvgIpc) is 2.69. The predicted octanol–water partition coefficient (Wildman–Crippen LogP) is 3.05. The van der Waals surface area contributed by atoms with Crippen LogP contribution in [0.15, 0.2) is 42.5 Å². The zero-order chi connectivity index (χ0) is 18.9. The molecule has 0 spiro atoms. The molecule has 26 heavy (non-hydrogen) atoms. The molecule has 0 aromatic heterocycles. The van der Waals surface area contributed by atoms with Crippen LogP contribution < -0.4 is 24.3 Å².